The van der Waals surface area contributed by atoms with Gasteiger partial charge >= 0.3 is 5.97 Å². The minimum Gasteiger partial charge on any atom is -0.480 e. The van der Waals surface area contributed by atoms with E-state index in [0.29, 0.717) is 0 Å². The first kappa shape index (κ1) is 12.7. The van der Waals surface area contributed by atoms with Gasteiger partial charge in [0.05, 0.1) is 10.7 Å². The van der Waals surface area contributed by atoms with Crippen LogP contribution in [0.25, 0.3) is 0 Å². The van der Waals surface area contributed by atoms with Crippen molar-refractivity contribution in [2.75, 3.05) is 10.5 Å². The molecule has 8 heteroatoms. The normalized spacial score (nSPS) is 11.1. The van der Waals surface area contributed by atoms with Crippen molar-refractivity contribution in [1.29, 1.82) is 0 Å². The Morgan fingerprint density at radius 2 is 2.12 bits per heavy atom. The number of sulfonamides is 1. The molecule has 0 fully saturated rings. The van der Waals surface area contributed by atoms with E-state index in [1.54, 1.807) is 0 Å². The number of anilines is 1. The van der Waals surface area contributed by atoms with E-state index in [1.807, 2.05) is 4.72 Å². The predicted molar refractivity (Wildman–Crippen MR) is 56.5 cm³/mol. The number of carbonyl (C=O) groups is 1. The van der Waals surface area contributed by atoms with Crippen LogP contribution >= 0.6 is 11.6 Å². The van der Waals surface area contributed by atoms with Gasteiger partial charge in [0.1, 0.15) is 5.82 Å². The molecule has 0 aromatic heterocycles. The maximum absolute atomic E-state index is 12.8. The molecule has 0 spiro atoms. The van der Waals surface area contributed by atoms with Crippen molar-refractivity contribution in [3.05, 3.63) is 29.0 Å². The van der Waals surface area contributed by atoms with Gasteiger partial charge in [-0.3, -0.25) is 9.52 Å². The SMILES string of the molecule is O=C(O)CS(=O)(=O)Nc1cc(F)ccc1Cl. The second-order valence-electron chi connectivity index (χ2n) is 2.88. The summed E-state index contributed by atoms with van der Waals surface area (Å²) < 4.78 is 37.1. The van der Waals surface area contributed by atoms with Gasteiger partial charge in [-0.1, -0.05) is 11.6 Å². The first-order valence-corrected chi connectivity index (χ1v) is 6.00. The van der Waals surface area contributed by atoms with Crippen LogP contribution in [0.15, 0.2) is 18.2 Å². The predicted octanol–water partition coefficient (Wildman–Crippen LogP) is 1.31. The van der Waals surface area contributed by atoms with Crippen LogP contribution in [0, 0.1) is 5.82 Å². The van der Waals surface area contributed by atoms with Gasteiger partial charge in [0.25, 0.3) is 0 Å². The molecule has 0 saturated carbocycles. The number of carboxylic acid groups (broad SMARTS) is 1. The first-order valence-electron chi connectivity index (χ1n) is 3.97. The fraction of sp³-hybridized carbons (Fsp3) is 0.125. The number of nitrogens with one attached hydrogen (secondary N) is 1. The molecule has 0 unspecified atom stereocenters. The van der Waals surface area contributed by atoms with Crippen LogP contribution in [-0.4, -0.2) is 25.2 Å². The van der Waals surface area contributed by atoms with Crippen molar-refractivity contribution in [2.24, 2.45) is 0 Å². The van der Waals surface area contributed by atoms with E-state index in [0.717, 1.165) is 18.2 Å². The highest BCUT2D eigenvalue weighted by molar-refractivity contribution is 7.93. The number of halogens is 2. The van der Waals surface area contributed by atoms with Gasteiger partial charge in [-0.15, -0.1) is 0 Å². The van der Waals surface area contributed by atoms with E-state index < -0.39 is 27.6 Å². The van der Waals surface area contributed by atoms with Crippen LogP contribution in [0.3, 0.4) is 0 Å². The van der Waals surface area contributed by atoms with Crippen molar-refractivity contribution in [3.8, 4) is 0 Å². The van der Waals surface area contributed by atoms with Crippen LogP contribution in [0.5, 0.6) is 0 Å². The molecule has 0 amide bonds. The Morgan fingerprint density at radius 3 is 2.69 bits per heavy atom. The van der Waals surface area contributed by atoms with Crippen molar-refractivity contribution in [1.82, 2.24) is 0 Å². The maximum Gasteiger partial charge on any atom is 0.320 e. The van der Waals surface area contributed by atoms with E-state index in [2.05, 4.69) is 0 Å². The Morgan fingerprint density at radius 1 is 1.50 bits per heavy atom. The Labute approximate surface area is 95.9 Å². The van der Waals surface area contributed by atoms with Gasteiger partial charge in [0, 0.05) is 0 Å². The number of carboxylic acids is 1. The average molecular weight is 268 g/mol. The summed E-state index contributed by atoms with van der Waals surface area (Å²) >= 11 is 5.60. The smallest absolute Gasteiger partial charge is 0.320 e. The fourth-order valence-corrected chi connectivity index (χ4v) is 2.06. The molecule has 5 nitrogen and oxygen atoms in total. The lowest BCUT2D eigenvalue weighted by Crippen LogP contribution is -2.22. The molecule has 1 aromatic carbocycles. The van der Waals surface area contributed by atoms with E-state index >= 15 is 0 Å². The van der Waals surface area contributed by atoms with E-state index in [1.165, 1.54) is 0 Å². The Hall–Kier alpha value is -1.34. The molecule has 0 radical (unpaired) electrons. The molecular formula is C8H7ClFNO4S. The Bertz CT molecular complexity index is 517. The summed E-state index contributed by atoms with van der Waals surface area (Å²) in [4.78, 5) is 10.2. The Balaban J connectivity index is 2.96. The van der Waals surface area contributed by atoms with Crippen molar-refractivity contribution < 1.29 is 22.7 Å². The standard InChI is InChI=1S/C8H7ClFNO4S/c9-6-2-1-5(10)3-7(6)11-16(14,15)4-8(12)13/h1-3,11H,4H2,(H,12,13). The average Bonchev–Trinajstić information content (AvgIpc) is 2.08. The molecule has 0 saturated heterocycles. The topological polar surface area (TPSA) is 83.5 Å². The minimum absolute atomic E-state index is 0.0182. The third kappa shape index (κ3) is 3.67. The molecule has 2 N–H and O–H groups in total. The zero-order chi connectivity index (χ0) is 12.3. The zero-order valence-corrected chi connectivity index (χ0v) is 9.35. The molecule has 0 atom stereocenters. The minimum atomic E-state index is -4.07. The molecule has 88 valence electrons. The number of hydrogen-bond donors (Lipinski definition) is 2. The van der Waals surface area contributed by atoms with Crippen molar-refractivity contribution >= 4 is 33.3 Å². The van der Waals surface area contributed by atoms with Crippen molar-refractivity contribution in [2.45, 2.75) is 0 Å². The molecular weight excluding hydrogens is 261 g/mol. The molecule has 0 heterocycles. The van der Waals surface area contributed by atoms with Crippen LogP contribution in [0.4, 0.5) is 10.1 Å². The van der Waals surface area contributed by atoms with E-state index in [4.69, 9.17) is 16.7 Å². The highest BCUT2D eigenvalue weighted by Crippen LogP contribution is 2.23. The van der Waals surface area contributed by atoms with Gasteiger partial charge in [-0.25, -0.2) is 12.8 Å². The summed E-state index contributed by atoms with van der Waals surface area (Å²) in [6.07, 6.45) is 0. The first-order chi connectivity index (χ1) is 7.30. The summed E-state index contributed by atoms with van der Waals surface area (Å²) in [7, 11) is -4.07. The number of hydrogen-bond acceptors (Lipinski definition) is 3. The quantitative estimate of drug-likeness (QED) is 0.861. The molecule has 1 rings (SSSR count). The van der Waals surface area contributed by atoms with Gasteiger partial charge in [0.2, 0.25) is 10.0 Å². The monoisotopic (exact) mass is 267 g/mol. The second-order valence-corrected chi connectivity index (χ2v) is 5.01. The van der Waals surface area contributed by atoms with Crippen LogP contribution in [0.1, 0.15) is 0 Å². The molecule has 0 aliphatic carbocycles. The maximum atomic E-state index is 12.8. The summed E-state index contributed by atoms with van der Waals surface area (Å²) in [5.41, 5.74) is -0.192. The highest BCUT2D eigenvalue weighted by Gasteiger charge is 2.17. The second kappa shape index (κ2) is 4.67. The summed E-state index contributed by atoms with van der Waals surface area (Å²) in [6, 6.07) is 3.08. The van der Waals surface area contributed by atoms with Gasteiger partial charge in [-0.2, -0.15) is 0 Å². The number of aliphatic carboxylic acids is 1. The Kier molecular flexibility index (Phi) is 3.71. The largest absolute Gasteiger partial charge is 0.480 e. The summed E-state index contributed by atoms with van der Waals surface area (Å²) in [5, 5.41) is 8.31. The third-order valence-corrected chi connectivity index (χ3v) is 2.99. The van der Waals surface area contributed by atoms with E-state index in [-0.39, 0.29) is 10.7 Å². The lowest BCUT2D eigenvalue weighted by molar-refractivity contribution is -0.134. The lowest BCUT2D eigenvalue weighted by atomic mass is 10.3. The van der Waals surface area contributed by atoms with Gasteiger partial charge < -0.3 is 5.11 Å². The zero-order valence-electron chi connectivity index (χ0n) is 7.78. The summed E-state index contributed by atoms with van der Waals surface area (Å²) in [6.45, 7) is 0. The van der Waals surface area contributed by atoms with Crippen molar-refractivity contribution in [3.63, 3.8) is 0 Å². The van der Waals surface area contributed by atoms with Gasteiger partial charge in [0.15, 0.2) is 5.75 Å². The summed E-state index contributed by atoms with van der Waals surface area (Å²) in [5.74, 6) is -3.31. The van der Waals surface area contributed by atoms with Crippen LogP contribution < -0.4 is 4.72 Å². The lowest BCUT2D eigenvalue weighted by Gasteiger charge is -2.07. The molecule has 0 aliphatic heterocycles. The molecule has 0 aliphatic rings. The molecule has 0 bridgehead atoms. The van der Waals surface area contributed by atoms with Crippen LogP contribution in [-0.2, 0) is 14.8 Å². The molecule has 16 heavy (non-hydrogen) atoms. The third-order valence-electron chi connectivity index (χ3n) is 1.51. The van der Waals surface area contributed by atoms with Crippen LogP contribution in [0.2, 0.25) is 5.02 Å². The molecule has 1 aromatic rings. The van der Waals surface area contributed by atoms with E-state index in [9.17, 15) is 17.6 Å². The van der Waals surface area contributed by atoms with Gasteiger partial charge in [-0.05, 0) is 18.2 Å². The number of rotatable bonds is 4. The number of benzene rings is 1. The highest BCUT2D eigenvalue weighted by atomic mass is 35.5. The fourth-order valence-electron chi connectivity index (χ4n) is 0.942.